The topological polar surface area (TPSA) is 74.5 Å². The number of rotatable bonds is 6. The van der Waals surface area contributed by atoms with Gasteiger partial charge in [-0.1, -0.05) is 30.3 Å². The zero-order valence-corrected chi connectivity index (χ0v) is 19.6. The lowest BCUT2D eigenvalue weighted by Crippen LogP contribution is -2.36. The van der Waals surface area contributed by atoms with E-state index >= 15 is 0 Å². The van der Waals surface area contributed by atoms with Gasteiger partial charge in [0.05, 0.1) is 23.3 Å². The largest absolute Gasteiger partial charge is 0.397 e. The van der Waals surface area contributed by atoms with Gasteiger partial charge in [0.2, 0.25) is 0 Å². The number of aryl methyl sites for hydroxylation is 2. The Labute approximate surface area is 196 Å². The van der Waals surface area contributed by atoms with Gasteiger partial charge in [0.1, 0.15) is 11.5 Å². The van der Waals surface area contributed by atoms with Crippen LogP contribution in [0.4, 0.5) is 19.0 Å². The summed E-state index contributed by atoms with van der Waals surface area (Å²) in [6.45, 7) is 7.52. The van der Waals surface area contributed by atoms with E-state index in [-0.39, 0.29) is 5.56 Å². The Morgan fingerprint density at radius 1 is 0.912 bits per heavy atom. The summed E-state index contributed by atoms with van der Waals surface area (Å²) in [5.74, 6) is 0.469. The molecule has 4 aromatic rings. The van der Waals surface area contributed by atoms with Crippen LogP contribution in [0.25, 0.3) is 22.6 Å². The lowest BCUT2D eigenvalue weighted by molar-refractivity contribution is -0.180. The quantitative estimate of drug-likeness (QED) is 0.399. The molecule has 178 valence electrons. The van der Waals surface area contributed by atoms with Gasteiger partial charge in [0, 0.05) is 24.0 Å². The van der Waals surface area contributed by atoms with Gasteiger partial charge in [-0.15, -0.1) is 0 Å². The Morgan fingerprint density at radius 3 is 2.18 bits per heavy atom. The molecule has 3 aromatic heterocycles. The first-order valence-electron chi connectivity index (χ1n) is 11.0. The second-order valence-electron chi connectivity index (χ2n) is 8.85. The van der Waals surface area contributed by atoms with E-state index < -0.39 is 11.6 Å². The lowest BCUT2D eigenvalue weighted by atomic mass is 9.83. The van der Waals surface area contributed by atoms with E-state index in [1.807, 2.05) is 41.4 Å². The number of aromatic nitrogens is 5. The van der Waals surface area contributed by atoms with Crippen LogP contribution < -0.4 is 5.73 Å². The molecule has 0 spiro atoms. The van der Waals surface area contributed by atoms with Crippen LogP contribution in [-0.4, -0.2) is 30.7 Å². The third-order valence-corrected chi connectivity index (χ3v) is 6.11. The van der Waals surface area contributed by atoms with Crippen molar-refractivity contribution in [3.8, 4) is 22.6 Å². The maximum absolute atomic E-state index is 13.4. The molecule has 0 fully saturated rings. The van der Waals surface area contributed by atoms with Crippen LogP contribution in [0.1, 0.15) is 37.6 Å². The molecule has 0 radical (unpaired) electrons. The molecule has 0 unspecified atom stereocenters. The third kappa shape index (κ3) is 4.42. The van der Waals surface area contributed by atoms with Crippen LogP contribution in [0.2, 0.25) is 0 Å². The van der Waals surface area contributed by atoms with Crippen molar-refractivity contribution in [1.82, 2.24) is 24.5 Å². The van der Waals surface area contributed by atoms with E-state index in [9.17, 15) is 13.2 Å². The zero-order chi connectivity index (χ0) is 24.7. The van der Waals surface area contributed by atoms with Crippen LogP contribution in [0.3, 0.4) is 0 Å². The Kier molecular flexibility index (Phi) is 5.97. The first kappa shape index (κ1) is 23.5. The summed E-state index contributed by atoms with van der Waals surface area (Å²) >= 11 is 0. The average molecular weight is 469 g/mol. The molecule has 9 heteroatoms. The summed E-state index contributed by atoms with van der Waals surface area (Å²) in [5.41, 5.74) is 8.97. The van der Waals surface area contributed by atoms with Crippen molar-refractivity contribution in [3.05, 3.63) is 71.5 Å². The minimum absolute atomic E-state index is 0.213. The van der Waals surface area contributed by atoms with E-state index in [0.29, 0.717) is 24.6 Å². The standard InChI is InChI=1S/C25H27F3N6/c1-5-33-22(21-12-16(2)34(32-21)15-17-6-11-23(29)30-14-17)13-20(31-33)18-7-9-19(10-8-18)24(3,4)25(26,27)28/h6-14H,5,15H2,1-4H3,(H2,29,30). The fourth-order valence-electron chi connectivity index (χ4n) is 3.72. The highest BCUT2D eigenvalue weighted by atomic mass is 19.4. The molecule has 0 aliphatic rings. The van der Waals surface area contributed by atoms with Crippen molar-refractivity contribution < 1.29 is 13.2 Å². The minimum Gasteiger partial charge on any atom is -0.384 e. The average Bonchev–Trinajstić information content (AvgIpc) is 3.38. The van der Waals surface area contributed by atoms with E-state index in [1.54, 1.807) is 24.4 Å². The molecule has 0 atom stereocenters. The van der Waals surface area contributed by atoms with Gasteiger partial charge >= 0.3 is 6.18 Å². The van der Waals surface area contributed by atoms with E-state index in [1.165, 1.54) is 26.0 Å². The second-order valence-corrected chi connectivity index (χ2v) is 8.85. The molecular weight excluding hydrogens is 441 g/mol. The molecule has 0 saturated carbocycles. The SMILES string of the molecule is CCn1nc(-c2ccc(C(C)(C)C(F)(F)F)cc2)cc1-c1cc(C)n(Cc2ccc(N)nc2)n1. The summed E-state index contributed by atoms with van der Waals surface area (Å²) in [6.07, 6.45) is -2.60. The highest BCUT2D eigenvalue weighted by Gasteiger charge is 2.48. The normalized spacial score (nSPS) is 12.3. The van der Waals surface area contributed by atoms with Crippen molar-refractivity contribution in [3.63, 3.8) is 0 Å². The predicted molar refractivity (Wildman–Crippen MR) is 126 cm³/mol. The van der Waals surface area contributed by atoms with Crippen molar-refractivity contribution in [1.29, 1.82) is 0 Å². The Morgan fingerprint density at radius 2 is 1.59 bits per heavy atom. The van der Waals surface area contributed by atoms with Crippen LogP contribution in [0.5, 0.6) is 0 Å². The molecule has 1 aromatic carbocycles. The van der Waals surface area contributed by atoms with Crippen molar-refractivity contribution in [2.75, 3.05) is 5.73 Å². The Balaban J connectivity index is 1.63. The van der Waals surface area contributed by atoms with Gasteiger partial charge in [-0.25, -0.2) is 4.98 Å². The first-order chi connectivity index (χ1) is 16.0. The number of pyridine rings is 1. The number of alkyl halides is 3. The fraction of sp³-hybridized carbons (Fsp3) is 0.320. The summed E-state index contributed by atoms with van der Waals surface area (Å²) in [7, 11) is 0. The molecule has 3 heterocycles. The Hall–Kier alpha value is -3.62. The fourth-order valence-corrected chi connectivity index (χ4v) is 3.72. The maximum Gasteiger partial charge on any atom is 0.397 e. The van der Waals surface area contributed by atoms with E-state index in [4.69, 9.17) is 10.8 Å². The maximum atomic E-state index is 13.4. The van der Waals surface area contributed by atoms with Crippen molar-refractivity contribution in [2.24, 2.45) is 0 Å². The molecule has 4 rings (SSSR count). The van der Waals surface area contributed by atoms with Crippen LogP contribution >= 0.6 is 0 Å². The summed E-state index contributed by atoms with van der Waals surface area (Å²) in [4.78, 5) is 4.13. The van der Waals surface area contributed by atoms with Gasteiger partial charge < -0.3 is 5.73 Å². The van der Waals surface area contributed by atoms with Crippen molar-refractivity contribution in [2.45, 2.75) is 52.4 Å². The minimum atomic E-state index is -4.33. The number of nitrogens with two attached hydrogens (primary N) is 1. The van der Waals surface area contributed by atoms with Crippen molar-refractivity contribution >= 4 is 5.82 Å². The molecule has 0 saturated heterocycles. The predicted octanol–water partition coefficient (Wildman–Crippen LogP) is 5.61. The number of benzene rings is 1. The first-order valence-corrected chi connectivity index (χ1v) is 11.0. The van der Waals surface area contributed by atoms with Crippen LogP contribution in [-0.2, 0) is 18.5 Å². The molecule has 0 bridgehead atoms. The molecule has 2 N–H and O–H groups in total. The Bertz CT molecular complexity index is 1280. The zero-order valence-electron chi connectivity index (χ0n) is 19.6. The highest BCUT2D eigenvalue weighted by molar-refractivity contribution is 5.67. The van der Waals surface area contributed by atoms with Gasteiger partial charge in [0.15, 0.2) is 0 Å². The lowest BCUT2D eigenvalue weighted by Gasteiger charge is -2.28. The van der Waals surface area contributed by atoms with Gasteiger partial charge in [0.25, 0.3) is 0 Å². The molecule has 0 aliphatic heterocycles. The number of nitrogens with zero attached hydrogens (tertiary/aromatic N) is 5. The summed E-state index contributed by atoms with van der Waals surface area (Å²) in [5, 5.41) is 9.43. The number of hydrogen-bond donors (Lipinski definition) is 1. The van der Waals surface area contributed by atoms with Gasteiger partial charge in [-0.2, -0.15) is 23.4 Å². The van der Waals surface area contributed by atoms with Crippen LogP contribution in [0, 0.1) is 6.92 Å². The number of nitrogen functional groups attached to an aromatic ring is 1. The highest BCUT2D eigenvalue weighted by Crippen LogP contribution is 2.40. The van der Waals surface area contributed by atoms with E-state index in [2.05, 4.69) is 10.1 Å². The number of halogens is 3. The molecular formula is C25H27F3N6. The van der Waals surface area contributed by atoms with E-state index in [0.717, 1.165) is 28.2 Å². The second kappa shape index (κ2) is 8.62. The van der Waals surface area contributed by atoms with Crippen LogP contribution in [0.15, 0.2) is 54.7 Å². The van der Waals surface area contributed by atoms with Gasteiger partial charge in [-0.05, 0) is 57.0 Å². The molecule has 6 nitrogen and oxygen atoms in total. The summed E-state index contributed by atoms with van der Waals surface area (Å²) in [6, 6.07) is 14.0. The summed E-state index contributed by atoms with van der Waals surface area (Å²) < 4.78 is 43.9. The number of hydrogen-bond acceptors (Lipinski definition) is 4. The number of anilines is 1. The van der Waals surface area contributed by atoms with Gasteiger partial charge in [-0.3, -0.25) is 9.36 Å². The molecule has 0 amide bonds. The smallest absolute Gasteiger partial charge is 0.384 e. The molecule has 0 aliphatic carbocycles. The third-order valence-electron chi connectivity index (χ3n) is 6.11. The molecule has 34 heavy (non-hydrogen) atoms. The monoisotopic (exact) mass is 468 g/mol.